The first-order valence-electron chi connectivity index (χ1n) is 7.74. The van der Waals surface area contributed by atoms with Crippen LogP contribution in [0, 0.1) is 17.1 Å². The van der Waals surface area contributed by atoms with Gasteiger partial charge in [0.2, 0.25) is 0 Å². The average molecular weight is 313 g/mol. The Morgan fingerprint density at radius 3 is 2.87 bits per heavy atom. The fraction of sp³-hybridized carbons (Fsp3) is 0.412. The molecule has 1 aliphatic rings. The summed E-state index contributed by atoms with van der Waals surface area (Å²) in [5.41, 5.74) is 0.827. The van der Waals surface area contributed by atoms with E-state index in [1.54, 1.807) is 6.07 Å². The summed E-state index contributed by atoms with van der Waals surface area (Å²) in [6.07, 6.45) is 3.75. The van der Waals surface area contributed by atoms with Gasteiger partial charge in [-0.15, -0.1) is 0 Å². The lowest BCUT2D eigenvalue weighted by Gasteiger charge is -2.41. The minimum Gasteiger partial charge on any atom is -0.368 e. The molecule has 2 aromatic rings. The Labute approximate surface area is 135 Å². The summed E-state index contributed by atoms with van der Waals surface area (Å²) in [6, 6.07) is 7.11. The zero-order valence-corrected chi connectivity index (χ0v) is 13.4. The molecule has 2 heterocycles. The number of benzene rings is 1. The van der Waals surface area contributed by atoms with Crippen molar-refractivity contribution in [3.05, 3.63) is 47.8 Å². The molecular formula is C17H20FN5. The van der Waals surface area contributed by atoms with Gasteiger partial charge in [0.25, 0.3) is 0 Å². The molecule has 0 N–H and O–H groups in total. The largest absolute Gasteiger partial charge is 0.368 e. The van der Waals surface area contributed by atoms with E-state index in [-0.39, 0.29) is 5.56 Å². The zero-order valence-electron chi connectivity index (χ0n) is 13.4. The Bertz CT molecular complexity index is 733. The molecule has 0 amide bonds. The minimum atomic E-state index is -0.451. The molecule has 1 aromatic heterocycles. The maximum atomic E-state index is 13.8. The van der Waals surface area contributed by atoms with Crippen LogP contribution in [0.3, 0.4) is 0 Å². The van der Waals surface area contributed by atoms with E-state index in [0.717, 1.165) is 32.0 Å². The minimum absolute atomic E-state index is 0.136. The van der Waals surface area contributed by atoms with Gasteiger partial charge >= 0.3 is 0 Å². The normalized spacial score (nSPS) is 18.9. The maximum absolute atomic E-state index is 13.8. The van der Waals surface area contributed by atoms with Crippen LogP contribution in [0.1, 0.15) is 18.3 Å². The molecule has 0 bridgehead atoms. The summed E-state index contributed by atoms with van der Waals surface area (Å²) in [5, 5.41) is 9.21. The Morgan fingerprint density at radius 2 is 2.22 bits per heavy atom. The number of imidazole rings is 1. The Morgan fingerprint density at radius 1 is 1.39 bits per heavy atom. The fourth-order valence-corrected chi connectivity index (χ4v) is 3.07. The predicted molar refractivity (Wildman–Crippen MR) is 86.4 cm³/mol. The number of nitriles is 1. The van der Waals surface area contributed by atoms with E-state index in [4.69, 9.17) is 0 Å². The highest BCUT2D eigenvalue weighted by molar-refractivity contribution is 5.60. The number of halogens is 1. The standard InChI is InChI=1S/C17H20FN5/c1-13-11-23(16-5-3-4-15(18)14(16)10-19)9-8-22(13)12-17-20-6-7-21(17)2/h3-7,13H,8-9,11-12H2,1-2H3/t13-/m0/s1. The first kappa shape index (κ1) is 15.5. The average Bonchev–Trinajstić information content (AvgIpc) is 2.94. The summed E-state index contributed by atoms with van der Waals surface area (Å²) in [5.74, 6) is 0.585. The van der Waals surface area contributed by atoms with Crippen LogP contribution in [0.2, 0.25) is 0 Å². The van der Waals surface area contributed by atoms with Gasteiger partial charge in [-0.2, -0.15) is 5.26 Å². The number of nitrogens with zero attached hydrogens (tertiary/aromatic N) is 5. The van der Waals surface area contributed by atoms with Gasteiger partial charge in [0.05, 0.1) is 12.2 Å². The third-order valence-corrected chi connectivity index (χ3v) is 4.47. The second-order valence-corrected chi connectivity index (χ2v) is 5.97. The number of hydrogen-bond acceptors (Lipinski definition) is 4. The number of piperazine rings is 1. The van der Waals surface area contributed by atoms with Crippen LogP contribution < -0.4 is 4.90 Å². The number of aryl methyl sites for hydroxylation is 1. The molecule has 1 atom stereocenters. The predicted octanol–water partition coefficient (Wildman–Crippen LogP) is 2.14. The first-order chi connectivity index (χ1) is 11.1. The number of rotatable bonds is 3. The number of aromatic nitrogens is 2. The van der Waals surface area contributed by atoms with Crippen molar-refractivity contribution in [1.29, 1.82) is 5.26 Å². The van der Waals surface area contributed by atoms with E-state index >= 15 is 0 Å². The lowest BCUT2D eigenvalue weighted by atomic mass is 10.1. The van der Waals surface area contributed by atoms with E-state index in [1.165, 1.54) is 6.07 Å². The molecule has 120 valence electrons. The van der Waals surface area contributed by atoms with Crippen LogP contribution in [0.5, 0.6) is 0 Å². The van der Waals surface area contributed by atoms with Crippen LogP contribution >= 0.6 is 0 Å². The molecule has 1 fully saturated rings. The van der Waals surface area contributed by atoms with Crippen molar-refractivity contribution in [2.45, 2.75) is 19.5 Å². The summed E-state index contributed by atoms with van der Waals surface area (Å²) in [7, 11) is 2.00. The molecule has 3 rings (SSSR count). The highest BCUT2D eigenvalue weighted by Crippen LogP contribution is 2.25. The van der Waals surface area contributed by atoms with Gasteiger partial charge < -0.3 is 9.47 Å². The second kappa shape index (κ2) is 6.39. The van der Waals surface area contributed by atoms with Gasteiger partial charge in [0, 0.05) is 45.1 Å². The molecule has 0 spiro atoms. The highest BCUT2D eigenvalue weighted by atomic mass is 19.1. The molecule has 0 aliphatic carbocycles. The molecular weight excluding hydrogens is 293 g/mol. The van der Waals surface area contributed by atoms with Crippen LogP contribution in [-0.2, 0) is 13.6 Å². The van der Waals surface area contributed by atoms with Crippen molar-refractivity contribution in [3.63, 3.8) is 0 Å². The molecule has 0 saturated carbocycles. The fourth-order valence-electron chi connectivity index (χ4n) is 3.07. The van der Waals surface area contributed by atoms with Gasteiger partial charge in [0.1, 0.15) is 23.3 Å². The first-order valence-corrected chi connectivity index (χ1v) is 7.74. The van der Waals surface area contributed by atoms with Gasteiger partial charge in [-0.05, 0) is 19.1 Å². The molecule has 5 nitrogen and oxygen atoms in total. The van der Waals surface area contributed by atoms with Crippen molar-refractivity contribution in [2.24, 2.45) is 7.05 Å². The number of anilines is 1. The van der Waals surface area contributed by atoms with Gasteiger partial charge in [-0.3, -0.25) is 4.90 Å². The molecule has 6 heteroatoms. The topological polar surface area (TPSA) is 48.1 Å². The van der Waals surface area contributed by atoms with Gasteiger partial charge in [-0.1, -0.05) is 6.07 Å². The van der Waals surface area contributed by atoms with Crippen LogP contribution in [-0.4, -0.2) is 40.1 Å². The molecule has 0 radical (unpaired) electrons. The van der Waals surface area contributed by atoms with Crippen molar-refractivity contribution in [1.82, 2.24) is 14.5 Å². The van der Waals surface area contributed by atoms with Crippen LogP contribution in [0.15, 0.2) is 30.6 Å². The van der Waals surface area contributed by atoms with Crippen molar-refractivity contribution < 1.29 is 4.39 Å². The Hall–Kier alpha value is -2.39. The highest BCUT2D eigenvalue weighted by Gasteiger charge is 2.26. The summed E-state index contributed by atoms with van der Waals surface area (Å²) >= 11 is 0. The lowest BCUT2D eigenvalue weighted by Crippen LogP contribution is -2.51. The lowest BCUT2D eigenvalue weighted by molar-refractivity contribution is 0.175. The van der Waals surface area contributed by atoms with Crippen molar-refractivity contribution >= 4 is 5.69 Å². The van der Waals surface area contributed by atoms with Crippen molar-refractivity contribution in [2.75, 3.05) is 24.5 Å². The van der Waals surface area contributed by atoms with Gasteiger partial charge in [0.15, 0.2) is 0 Å². The van der Waals surface area contributed by atoms with E-state index < -0.39 is 5.82 Å². The smallest absolute Gasteiger partial charge is 0.143 e. The Balaban J connectivity index is 1.73. The molecule has 1 saturated heterocycles. The van der Waals surface area contributed by atoms with E-state index in [2.05, 4.69) is 21.7 Å². The third kappa shape index (κ3) is 3.06. The van der Waals surface area contributed by atoms with Crippen molar-refractivity contribution in [3.8, 4) is 6.07 Å². The zero-order chi connectivity index (χ0) is 16.4. The van der Waals surface area contributed by atoms with E-state index in [9.17, 15) is 9.65 Å². The monoisotopic (exact) mass is 313 g/mol. The third-order valence-electron chi connectivity index (χ3n) is 4.47. The number of hydrogen-bond donors (Lipinski definition) is 0. The maximum Gasteiger partial charge on any atom is 0.143 e. The van der Waals surface area contributed by atoms with Crippen LogP contribution in [0.25, 0.3) is 0 Å². The van der Waals surface area contributed by atoms with E-state index in [1.807, 2.05) is 36.1 Å². The summed E-state index contributed by atoms with van der Waals surface area (Å²) in [4.78, 5) is 8.84. The molecule has 0 unspecified atom stereocenters. The quantitative estimate of drug-likeness (QED) is 0.871. The molecule has 1 aliphatic heterocycles. The SMILES string of the molecule is C[C@H]1CN(c2cccc(F)c2C#N)CCN1Cc1nccn1C. The summed E-state index contributed by atoms with van der Waals surface area (Å²) < 4.78 is 15.8. The summed E-state index contributed by atoms with van der Waals surface area (Å²) in [6.45, 7) is 5.35. The van der Waals surface area contributed by atoms with Gasteiger partial charge in [-0.25, -0.2) is 9.37 Å². The molecule has 23 heavy (non-hydrogen) atoms. The second-order valence-electron chi connectivity index (χ2n) is 5.97. The van der Waals surface area contributed by atoms with Crippen LogP contribution in [0.4, 0.5) is 10.1 Å². The van der Waals surface area contributed by atoms with E-state index in [0.29, 0.717) is 11.7 Å². The molecule has 1 aromatic carbocycles. The Kier molecular flexibility index (Phi) is 4.30.